The van der Waals surface area contributed by atoms with Gasteiger partial charge in [0.2, 0.25) is 11.8 Å². The molecule has 1 aliphatic heterocycles. The first-order chi connectivity index (χ1) is 6.00. The van der Waals surface area contributed by atoms with E-state index in [1.54, 1.807) is 6.92 Å². The van der Waals surface area contributed by atoms with E-state index in [-0.39, 0.29) is 18.4 Å². The summed E-state index contributed by atoms with van der Waals surface area (Å²) >= 11 is 0. The highest BCUT2D eigenvalue weighted by molar-refractivity contribution is 5.94. The van der Waals surface area contributed by atoms with Crippen LogP contribution in [0.2, 0.25) is 0 Å². The molecule has 13 heavy (non-hydrogen) atoms. The molecule has 0 aromatic rings. The van der Waals surface area contributed by atoms with E-state index >= 15 is 0 Å². The molecule has 1 heterocycles. The van der Waals surface area contributed by atoms with E-state index in [0.29, 0.717) is 6.54 Å². The monoisotopic (exact) mass is 182 g/mol. The van der Waals surface area contributed by atoms with Crippen molar-refractivity contribution in [2.45, 2.75) is 19.9 Å². The van der Waals surface area contributed by atoms with Gasteiger partial charge in [-0.1, -0.05) is 12.2 Å². The summed E-state index contributed by atoms with van der Waals surface area (Å²) in [5.41, 5.74) is 0.884. The molecule has 0 aromatic carbocycles. The van der Waals surface area contributed by atoms with Gasteiger partial charge in [0.1, 0.15) is 6.04 Å². The fraction of sp³-hybridized carbons (Fsp3) is 0.556. The number of carbonyl (C=O) groups is 2. The summed E-state index contributed by atoms with van der Waals surface area (Å²) in [6, 6.07) is -0.402. The second kappa shape index (κ2) is 3.60. The highest BCUT2D eigenvalue weighted by Crippen LogP contribution is 2.04. The van der Waals surface area contributed by atoms with Crippen LogP contribution < -0.4 is 5.32 Å². The number of nitrogens with one attached hydrogen (secondary N) is 1. The van der Waals surface area contributed by atoms with Gasteiger partial charge in [-0.25, -0.2) is 0 Å². The number of hydrogen-bond donors (Lipinski definition) is 1. The van der Waals surface area contributed by atoms with Crippen LogP contribution >= 0.6 is 0 Å². The Balaban J connectivity index is 2.66. The van der Waals surface area contributed by atoms with Gasteiger partial charge in [-0.2, -0.15) is 0 Å². The van der Waals surface area contributed by atoms with Gasteiger partial charge in [0.15, 0.2) is 0 Å². The van der Waals surface area contributed by atoms with E-state index in [9.17, 15) is 9.59 Å². The minimum Gasteiger partial charge on any atom is -0.343 e. The molecule has 0 aliphatic carbocycles. The van der Waals surface area contributed by atoms with Gasteiger partial charge >= 0.3 is 0 Å². The van der Waals surface area contributed by atoms with E-state index < -0.39 is 6.04 Å². The zero-order chi connectivity index (χ0) is 10.0. The minimum atomic E-state index is -0.402. The Hall–Kier alpha value is -1.32. The standard InChI is InChI=1S/C9H14N2O2/c1-6(2)4-11-5-8(12)10-7(3)9(11)13/h7H,1,4-5H2,2-3H3,(H,10,12). The molecule has 1 unspecified atom stereocenters. The highest BCUT2D eigenvalue weighted by atomic mass is 16.2. The van der Waals surface area contributed by atoms with E-state index in [4.69, 9.17) is 0 Å². The highest BCUT2D eigenvalue weighted by Gasteiger charge is 2.28. The average molecular weight is 182 g/mol. The predicted octanol–water partition coefficient (Wildman–Crippen LogP) is -0.0906. The first-order valence-corrected chi connectivity index (χ1v) is 4.23. The third kappa shape index (κ3) is 2.31. The van der Waals surface area contributed by atoms with Gasteiger partial charge in [-0.3, -0.25) is 9.59 Å². The van der Waals surface area contributed by atoms with Crippen molar-refractivity contribution in [2.75, 3.05) is 13.1 Å². The van der Waals surface area contributed by atoms with Crippen molar-refractivity contribution in [3.05, 3.63) is 12.2 Å². The number of rotatable bonds is 2. The van der Waals surface area contributed by atoms with Crippen molar-refractivity contribution < 1.29 is 9.59 Å². The molecule has 1 fully saturated rings. The van der Waals surface area contributed by atoms with Gasteiger partial charge in [-0.05, 0) is 13.8 Å². The van der Waals surface area contributed by atoms with Crippen molar-refractivity contribution >= 4 is 11.8 Å². The summed E-state index contributed by atoms with van der Waals surface area (Å²) in [5, 5.41) is 2.57. The van der Waals surface area contributed by atoms with Crippen LogP contribution in [0.1, 0.15) is 13.8 Å². The molecule has 0 aromatic heterocycles. The van der Waals surface area contributed by atoms with Crippen molar-refractivity contribution in [3.63, 3.8) is 0 Å². The van der Waals surface area contributed by atoms with Gasteiger partial charge in [0.05, 0.1) is 6.54 Å². The Morgan fingerprint density at radius 2 is 2.31 bits per heavy atom. The molecule has 4 heteroatoms. The lowest BCUT2D eigenvalue weighted by Crippen LogP contribution is -2.56. The number of carbonyl (C=O) groups excluding carboxylic acids is 2. The zero-order valence-electron chi connectivity index (χ0n) is 7.96. The van der Waals surface area contributed by atoms with Crippen LogP contribution in [0.15, 0.2) is 12.2 Å². The Bertz CT molecular complexity index is 258. The number of nitrogens with zero attached hydrogens (tertiary/aromatic N) is 1. The molecule has 0 saturated carbocycles. The lowest BCUT2D eigenvalue weighted by atomic mass is 10.2. The maximum absolute atomic E-state index is 11.5. The second-order valence-electron chi connectivity index (χ2n) is 3.44. The van der Waals surface area contributed by atoms with Crippen LogP contribution in [0.4, 0.5) is 0 Å². The summed E-state index contributed by atoms with van der Waals surface area (Å²) in [7, 11) is 0. The smallest absolute Gasteiger partial charge is 0.245 e. The van der Waals surface area contributed by atoms with Crippen molar-refractivity contribution in [2.24, 2.45) is 0 Å². The van der Waals surface area contributed by atoms with Crippen LogP contribution in [0.5, 0.6) is 0 Å². The molecular formula is C9H14N2O2. The molecule has 1 atom stereocenters. The van der Waals surface area contributed by atoms with Gasteiger partial charge < -0.3 is 10.2 Å². The summed E-state index contributed by atoms with van der Waals surface area (Å²) in [6.07, 6.45) is 0. The van der Waals surface area contributed by atoms with Gasteiger partial charge in [0, 0.05) is 6.54 Å². The van der Waals surface area contributed by atoms with Crippen LogP contribution in [0.3, 0.4) is 0 Å². The third-order valence-corrected chi connectivity index (χ3v) is 1.85. The zero-order valence-corrected chi connectivity index (χ0v) is 7.96. The Kier molecular flexibility index (Phi) is 2.70. The predicted molar refractivity (Wildman–Crippen MR) is 49.0 cm³/mol. The summed E-state index contributed by atoms with van der Waals surface area (Å²) < 4.78 is 0. The lowest BCUT2D eigenvalue weighted by Gasteiger charge is -2.30. The molecular weight excluding hydrogens is 168 g/mol. The Labute approximate surface area is 77.6 Å². The van der Waals surface area contributed by atoms with Crippen LogP contribution in [-0.4, -0.2) is 35.8 Å². The molecule has 1 aliphatic rings. The summed E-state index contributed by atoms with van der Waals surface area (Å²) in [4.78, 5) is 24.1. The molecule has 1 rings (SSSR count). The topological polar surface area (TPSA) is 49.4 Å². The molecule has 2 amide bonds. The average Bonchev–Trinajstić information content (AvgIpc) is 1.98. The van der Waals surface area contributed by atoms with E-state index in [2.05, 4.69) is 11.9 Å². The van der Waals surface area contributed by atoms with Crippen molar-refractivity contribution in [1.82, 2.24) is 10.2 Å². The Morgan fingerprint density at radius 3 is 2.85 bits per heavy atom. The lowest BCUT2D eigenvalue weighted by molar-refractivity contribution is -0.143. The molecule has 72 valence electrons. The summed E-state index contributed by atoms with van der Waals surface area (Å²) in [5.74, 6) is -0.143. The van der Waals surface area contributed by atoms with Crippen LogP contribution in [0, 0.1) is 0 Å². The van der Waals surface area contributed by atoms with Crippen LogP contribution in [-0.2, 0) is 9.59 Å². The SMILES string of the molecule is C=C(C)CN1CC(=O)NC(C)C1=O. The Morgan fingerprint density at radius 1 is 1.69 bits per heavy atom. The maximum atomic E-state index is 11.5. The first kappa shape index (κ1) is 9.77. The fourth-order valence-electron chi connectivity index (χ4n) is 1.33. The fourth-order valence-corrected chi connectivity index (χ4v) is 1.33. The third-order valence-electron chi connectivity index (χ3n) is 1.85. The number of amides is 2. The number of piperazine rings is 1. The van der Waals surface area contributed by atoms with E-state index in [1.165, 1.54) is 4.90 Å². The van der Waals surface area contributed by atoms with Crippen LogP contribution in [0.25, 0.3) is 0 Å². The second-order valence-corrected chi connectivity index (χ2v) is 3.44. The molecule has 1 N–H and O–H groups in total. The van der Waals surface area contributed by atoms with Gasteiger partial charge in [-0.15, -0.1) is 0 Å². The maximum Gasteiger partial charge on any atom is 0.245 e. The van der Waals surface area contributed by atoms with E-state index in [0.717, 1.165) is 5.57 Å². The molecule has 1 saturated heterocycles. The molecule has 4 nitrogen and oxygen atoms in total. The normalized spacial score (nSPS) is 22.9. The number of hydrogen-bond acceptors (Lipinski definition) is 2. The molecule has 0 spiro atoms. The molecule has 0 bridgehead atoms. The summed E-state index contributed by atoms with van der Waals surface area (Å²) in [6.45, 7) is 7.85. The van der Waals surface area contributed by atoms with Crippen molar-refractivity contribution in [1.29, 1.82) is 0 Å². The quantitative estimate of drug-likeness (QED) is 0.607. The molecule has 0 radical (unpaired) electrons. The van der Waals surface area contributed by atoms with E-state index in [1.807, 2.05) is 6.92 Å². The van der Waals surface area contributed by atoms with Gasteiger partial charge in [0.25, 0.3) is 0 Å². The largest absolute Gasteiger partial charge is 0.343 e. The first-order valence-electron chi connectivity index (χ1n) is 4.23. The van der Waals surface area contributed by atoms with Crippen molar-refractivity contribution in [3.8, 4) is 0 Å². The minimum absolute atomic E-state index is 0.0393.